The molecule has 0 aliphatic carbocycles. The van der Waals surface area contributed by atoms with Crippen molar-refractivity contribution in [1.29, 1.82) is 5.26 Å². The highest BCUT2D eigenvalue weighted by Gasteiger charge is 2.21. The zero-order valence-corrected chi connectivity index (χ0v) is 16.8. The molecule has 0 fully saturated rings. The predicted molar refractivity (Wildman–Crippen MR) is 115 cm³/mol. The van der Waals surface area contributed by atoms with Gasteiger partial charge in [-0.3, -0.25) is 4.79 Å². The average molecular weight is 402 g/mol. The molecule has 1 aromatic heterocycles. The lowest BCUT2D eigenvalue weighted by atomic mass is 9.90. The predicted octanol–water partition coefficient (Wildman–Crippen LogP) is 3.44. The smallest absolute Gasteiger partial charge is 0.255 e. The number of aromatic nitrogens is 1. The molecule has 4 N–H and O–H groups in total. The topological polar surface area (TPSA) is 124 Å². The monoisotopic (exact) mass is 402 g/mol. The number of pyridine rings is 1. The van der Waals surface area contributed by atoms with Crippen molar-refractivity contribution in [2.24, 2.45) is 5.73 Å². The largest absolute Gasteiger partial charge is 0.490 e. The molecular weight excluding hydrogens is 380 g/mol. The number of aryl methyl sites for hydroxylation is 1. The standard InChI is InChI=1S/C23H22N4O3/c1-3-29-19-11-16(9-10-18(19)30-13-20(25)28)22-17(12-24)23(26)27-14(2)21(22)15-7-5-4-6-8-15/h4-11H,3,13H2,1-2H3,(H2,25,28)(H2,26,27). The van der Waals surface area contributed by atoms with Crippen molar-refractivity contribution in [3.63, 3.8) is 0 Å². The number of hydrogen-bond acceptors (Lipinski definition) is 6. The fourth-order valence-electron chi connectivity index (χ4n) is 3.29. The molecule has 3 aromatic rings. The summed E-state index contributed by atoms with van der Waals surface area (Å²) in [4.78, 5) is 15.5. The molecule has 0 aliphatic heterocycles. The maximum absolute atomic E-state index is 11.1. The Labute approximate surface area is 174 Å². The van der Waals surface area contributed by atoms with Gasteiger partial charge in [0.2, 0.25) is 0 Å². The van der Waals surface area contributed by atoms with Gasteiger partial charge >= 0.3 is 0 Å². The summed E-state index contributed by atoms with van der Waals surface area (Å²) in [5.41, 5.74) is 15.4. The van der Waals surface area contributed by atoms with Crippen molar-refractivity contribution in [3.05, 3.63) is 59.8 Å². The van der Waals surface area contributed by atoms with E-state index in [1.165, 1.54) is 0 Å². The normalized spacial score (nSPS) is 10.3. The van der Waals surface area contributed by atoms with E-state index >= 15 is 0 Å². The van der Waals surface area contributed by atoms with Gasteiger partial charge in [0, 0.05) is 16.8 Å². The summed E-state index contributed by atoms with van der Waals surface area (Å²) in [5.74, 6) is 0.402. The molecule has 30 heavy (non-hydrogen) atoms. The number of amides is 1. The van der Waals surface area contributed by atoms with Crippen molar-refractivity contribution < 1.29 is 14.3 Å². The van der Waals surface area contributed by atoms with Gasteiger partial charge in [0.15, 0.2) is 18.1 Å². The summed E-state index contributed by atoms with van der Waals surface area (Å²) >= 11 is 0. The van der Waals surface area contributed by atoms with E-state index in [4.69, 9.17) is 20.9 Å². The molecule has 3 rings (SSSR count). The SMILES string of the molecule is CCOc1cc(-c2c(C#N)c(N)nc(C)c2-c2ccccc2)ccc1OCC(N)=O. The summed E-state index contributed by atoms with van der Waals surface area (Å²) in [5, 5.41) is 9.82. The number of carbonyl (C=O) groups excluding carboxylic acids is 1. The van der Waals surface area contributed by atoms with E-state index in [-0.39, 0.29) is 18.0 Å². The lowest BCUT2D eigenvalue weighted by molar-refractivity contribution is -0.119. The Balaban J connectivity index is 2.25. The Morgan fingerprint density at radius 2 is 1.80 bits per heavy atom. The van der Waals surface area contributed by atoms with Crippen molar-refractivity contribution in [1.82, 2.24) is 4.98 Å². The number of rotatable bonds is 7. The number of nitriles is 1. The summed E-state index contributed by atoms with van der Waals surface area (Å²) < 4.78 is 11.2. The van der Waals surface area contributed by atoms with Crippen molar-refractivity contribution >= 4 is 11.7 Å². The van der Waals surface area contributed by atoms with E-state index < -0.39 is 5.91 Å². The molecule has 0 bridgehead atoms. The Kier molecular flexibility index (Phi) is 6.18. The maximum Gasteiger partial charge on any atom is 0.255 e. The van der Waals surface area contributed by atoms with Crippen molar-refractivity contribution in [3.8, 4) is 39.8 Å². The van der Waals surface area contributed by atoms with Crippen molar-refractivity contribution in [2.45, 2.75) is 13.8 Å². The minimum absolute atomic E-state index is 0.164. The molecule has 0 radical (unpaired) electrons. The van der Waals surface area contributed by atoms with Crippen LogP contribution in [0.1, 0.15) is 18.2 Å². The molecule has 0 saturated carbocycles. The highest BCUT2D eigenvalue weighted by Crippen LogP contribution is 2.41. The van der Waals surface area contributed by atoms with Crippen LogP contribution in [0, 0.1) is 18.3 Å². The van der Waals surface area contributed by atoms with E-state index in [1.54, 1.807) is 18.2 Å². The molecule has 0 saturated heterocycles. The molecule has 152 valence electrons. The van der Waals surface area contributed by atoms with Gasteiger partial charge in [-0.15, -0.1) is 0 Å². The lowest BCUT2D eigenvalue weighted by Gasteiger charge is -2.18. The number of nitrogens with zero attached hydrogens (tertiary/aromatic N) is 2. The number of ether oxygens (including phenoxy) is 2. The minimum atomic E-state index is -0.586. The summed E-state index contributed by atoms with van der Waals surface area (Å²) in [6.45, 7) is 3.83. The number of nitrogens with two attached hydrogens (primary N) is 2. The Morgan fingerprint density at radius 1 is 1.07 bits per heavy atom. The lowest BCUT2D eigenvalue weighted by Crippen LogP contribution is -2.20. The zero-order chi connectivity index (χ0) is 21.7. The first-order valence-electron chi connectivity index (χ1n) is 9.40. The number of primary amides is 1. The van der Waals surface area contributed by atoms with Crippen LogP contribution in [0.15, 0.2) is 48.5 Å². The van der Waals surface area contributed by atoms with Crippen LogP contribution in [0.4, 0.5) is 5.82 Å². The fourth-order valence-corrected chi connectivity index (χ4v) is 3.29. The van der Waals surface area contributed by atoms with Crippen LogP contribution >= 0.6 is 0 Å². The molecular formula is C23H22N4O3. The van der Waals surface area contributed by atoms with Gasteiger partial charge in [0.25, 0.3) is 5.91 Å². The summed E-state index contributed by atoms with van der Waals surface area (Å²) in [6.07, 6.45) is 0. The number of nitrogen functional groups attached to an aromatic ring is 1. The van der Waals surface area contributed by atoms with E-state index in [0.717, 1.165) is 16.7 Å². The summed E-state index contributed by atoms with van der Waals surface area (Å²) in [6, 6.07) is 17.1. The van der Waals surface area contributed by atoms with Crippen LogP contribution in [0.2, 0.25) is 0 Å². The third-order valence-corrected chi connectivity index (χ3v) is 4.48. The molecule has 2 aromatic carbocycles. The Hall–Kier alpha value is -4.05. The minimum Gasteiger partial charge on any atom is -0.490 e. The molecule has 7 nitrogen and oxygen atoms in total. The first kappa shape index (κ1) is 20.7. The van der Waals surface area contributed by atoms with Crippen LogP contribution in [-0.4, -0.2) is 24.1 Å². The number of hydrogen-bond donors (Lipinski definition) is 2. The van der Waals surface area contributed by atoms with Crippen molar-refractivity contribution in [2.75, 3.05) is 18.9 Å². The van der Waals surface area contributed by atoms with E-state index in [2.05, 4.69) is 11.1 Å². The molecule has 0 atom stereocenters. The Bertz CT molecular complexity index is 1120. The quantitative estimate of drug-likeness (QED) is 0.624. The molecule has 0 unspecified atom stereocenters. The maximum atomic E-state index is 11.1. The number of carbonyl (C=O) groups is 1. The van der Waals surface area contributed by atoms with Gasteiger partial charge in [0.1, 0.15) is 17.5 Å². The van der Waals surface area contributed by atoms with Gasteiger partial charge in [-0.1, -0.05) is 36.4 Å². The number of benzene rings is 2. The second-order valence-corrected chi connectivity index (χ2v) is 6.53. The highest BCUT2D eigenvalue weighted by molar-refractivity contribution is 5.91. The Morgan fingerprint density at radius 3 is 2.43 bits per heavy atom. The van der Waals surface area contributed by atoms with Crippen LogP contribution in [-0.2, 0) is 4.79 Å². The zero-order valence-electron chi connectivity index (χ0n) is 16.8. The van der Waals surface area contributed by atoms with Crippen LogP contribution in [0.25, 0.3) is 22.3 Å². The van der Waals surface area contributed by atoms with Gasteiger partial charge in [-0.25, -0.2) is 4.98 Å². The van der Waals surface area contributed by atoms with Crippen LogP contribution in [0.3, 0.4) is 0 Å². The van der Waals surface area contributed by atoms with Gasteiger partial charge in [0.05, 0.1) is 6.61 Å². The van der Waals surface area contributed by atoms with Gasteiger partial charge in [-0.05, 0) is 37.1 Å². The molecule has 0 spiro atoms. The van der Waals surface area contributed by atoms with Crippen LogP contribution < -0.4 is 20.9 Å². The molecule has 7 heteroatoms. The van der Waals surface area contributed by atoms with Crippen LogP contribution in [0.5, 0.6) is 11.5 Å². The van der Waals surface area contributed by atoms with Gasteiger partial charge < -0.3 is 20.9 Å². The molecule has 1 heterocycles. The second kappa shape index (κ2) is 8.97. The first-order valence-corrected chi connectivity index (χ1v) is 9.40. The first-order chi connectivity index (χ1) is 14.5. The molecule has 1 amide bonds. The number of anilines is 1. The van der Waals surface area contributed by atoms with E-state index in [1.807, 2.05) is 44.2 Å². The highest BCUT2D eigenvalue weighted by atomic mass is 16.5. The van der Waals surface area contributed by atoms with E-state index in [0.29, 0.717) is 29.4 Å². The summed E-state index contributed by atoms with van der Waals surface area (Å²) in [7, 11) is 0. The average Bonchev–Trinajstić information content (AvgIpc) is 2.73. The van der Waals surface area contributed by atoms with Gasteiger partial charge in [-0.2, -0.15) is 5.26 Å². The molecule has 0 aliphatic rings. The third-order valence-electron chi connectivity index (χ3n) is 4.48. The fraction of sp³-hybridized carbons (Fsp3) is 0.174. The third kappa shape index (κ3) is 4.18. The second-order valence-electron chi connectivity index (χ2n) is 6.53. The van der Waals surface area contributed by atoms with E-state index in [9.17, 15) is 10.1 Å².